The Hall–Kier alpha value is -1.55. The van der Waals surface area contributed by atoms with Crippen LogP contribution in [0.25, 0.3) is 0 Å². The number of ether oxygens (including phenoxy) is 1. The third-order valence-corrected chi connectivity index (χ3v) is 3.89. The fourth-order valence-corrected chi connectivity index (χ4v) is 2.50. The molecule has 2 N–H and O–H groups in total. The van der Waals surface area contributed by atoms with E-state index in [1.165, 1.54) is 6.92 Å². The molecule has 4 heteroatoms. The molecule has 1 fully saturated rings. The molecule has 1 amide bonds. The highest BCUT2D eigenvalue weighted by molar-refractivity contribution is 5.88. The summed E-state index contributed by atoms with van der Waals surface area (Å²) < 4.78 is 5.68. The zero-order valence-corrected chi connectivity index (χ0v) is 12.2. The minimum absolute atomic E-state index is 0.0932. The summed E-state index contributed by atoms with van der Waals surface area (Å²) in [5.41, 5.74) is 0.0538. The molecule has 0 heterocycles. The van der Waals surface area contributed by atoms with Crippen LogP contribution in [0.2, 0.25) is 0 Å². The first-order valence-electron chi connectivity index (χ1n) is 7.20. The summed E-state index contributed by atoms with van der Waals surface area (Å²) >= 11 is 0. The molecule has 0 unspecified atom stereocenters. The molecular formula is C16H23NO3. The summed E-state index contributed by atoms with van der Waals surface area (Å²) in [6.07, 6.45) is 3.72. The molecule has 0 spiro atoms. The van der Waals surface area contributed by atoms with Crippen LogP contribution in [0.3, 0.4) is 0 Å². The molecule has 0 bridgehead atoms. The monoisotopic (exact) mass is 277 g/mol. The maximum Gasteiger partial charge on any atom is 0.221 e. The van der Waals surface area contributed by atoms with Gasteiger partial charge in [0.15, 0.2) is 0 Å². The van der Waals surface area contributed by atoms with E-state index >= 15 is 0 Å². The van der Waals surface area contributed by atoms with Gasteiger partial charge in [0.25, 0.3) is 0 Å². The van der Waals surface area contributed by atoms with Crippen molar-refractivity contribution in [1.82, 2.24) is 0 Å². The van der Waals surface area contributed by atoms with Gasteiger partial charge in [-0.1, -0.05) is 6.92 Å². The van der Waals surface area contributed by atoms with Crippen molar-refractivity contribution in [3.8, 4) is 5.75 Å². The number of anilines is 1. The lowest BCUT2D eigenvalue weighted by atomic mass is 9.80. The van der Waals surface area contributed by atoms with Crippen molar-refractivity contribution < 1.29 is 14.6 Å². The Labute approximate surface area is 120 Å². The Balaban J connectivity index is 1.86. The Morgan fingerprint density at radius 3 is 2.50 bits per heavy atom. The van der Waals surface area contributed by atoms with Crippen molar-refractivity contribution >= 4 is 11.6 Å². The number of hydrogen-bond acceptors (Lipinski definition) is 3. The SMILES string of the molecule is CC(=O)Nc1ccc(OCC2(O)CCC(C)CC2)cc1. The zero-order chi connectivity index (χ0) is 14.6. The van der Waals surface area contributed by atoms with Crippen molar-refractivity contribution in [2.24, 2.45) is 5.92 Å². The molecule has 0 aliphatic heterocycles. The van der Waals surface area contributed by atoms with E-state index in [4.69, 9.17) is 4.74 Å². The highest BCUT2D eigenvalue weighted by atomic mass is 16.5. The number of carbonyl (C=O) groups excluding carboxylic acids is 1. The summed E-state index contributed by atoms with van der Waals surface area (Å²) in [4.78, 5) is 10.9. The van der Waals surface area contributed by atoms with Gasteiger partial charge in [-0.2, -0.15) is 0 Å². The highest BCUT2D eigenvalue weighted by Gasteiger charge is 2.32. The summed E-state index contributed by atoms with van der Waals surface area (Å²) in [5.74, 6) is 1.32. The average Bonchev–Trinajstić information content (AvgIpc) is 2.41. The molecule has 1 aliphatic rings. The van der Waals surface area contributed by atoms with Crippen LogP contribution in [0.15, 0.2) is 24.3 Å². The fraction of sp³-hybridized carbons (Fsp3) is 0.562. The Kier molecular flexibility index (Phi) is 4.65. The summed E-state index contributed by atoms with van der Waals surface area (Å²) in [5, 5.41) is 13.1. The molecule has 1 saturated carbocycles. The quantitative estimate of drug-likeness (QED) is 0.889. The largest absolute Gasteiger partial charge is 0.491 e. The molecule has 2 rings (SSSR count). The van der Waals surface area contributed by atoms with E-state index < -0.39 is 5.60 Å². The fourth-order valence-electron chi connectivity index (χ4n) is 2.50. The van der Waals surface area contributed by atoms with Gasteiger partial charge in [-0.3, -0.25) is 4.79 Å². The molecule has 0 radical (unpaired) electrons. The third kappa shape index (κ3) is 4.23. The highest BCUT2D eigenvalue weighted by Crippen LogP contribution is 2.32. The van der Waals surface area contributed by atoms with Crippen molar-refractivity contribution in [2.45, 2.75) is 45.1 Å². The van der Waals surface area contributed by atoms with Gasteiger partial charge in [-0.05, 0) is 55.9 Å². The van der Waals surface area contributed by atoms with Crippen LogP contribution in [0, 0.1) is 5.92 Å². The number of nitrogens with one attached hydrogen (secondary N) is 1. The number of rotatable bonds is 4. The lowest BCUT2D eigenvalue weighted by molar-refractivity contribution is -0.114. The van der Waals surface area contributed by atoms with Crippen LogP contribution in [-0.2, 0) is 4.79 Å². The van der Waals surface area contributed by atoms with Gasteiger partial charge in [-0.15, -0.1) is 0 Å². The number of amides is 1. The van der Waals surface area contributed by atoms with E-state index in [0.29, 0.717) is 18.3 Å². The normalized spacial score (nSPS) is 26.1. The second-order valence-electron chi connectivity index (χ2n) is 5.90. The molecule has 0 saturated heterocycles. The van der Waals surface area contributed by atoms with Crippen LogP contribution in [0.4, 0.5) is 5.69 Å². The van der Waals surface area contributed by atoms with Crippen molar-refractivity contribution in [3.63, 3.8) is 0 Å². The minimum Gasteiger partial charge on any atom is -0.491 e. The smallest absolute Gasteiger partial charge is 0.221 e. The lowest BCUT2D eigenvalue weighted by Crippen LogP contribution is -2.39. The van der Waals surface area contributed by atoms with E-state index in [0.717, 1.165) is 31.4 Å². The molecule has 1 aromatic rings. The molecule has 0 aromatic heterocycles. The maximum atomic E-state index is 10.9. The first-order valence-corrected chi connectivity index (χ1v) is 7.20. The second-order valence-corrected chi connectivity index (χ2v) is 5.90. The standard InChI is InChI=1S/C16H23NO3/c1-12-7-9-16(19,10-8-12)11-20-15-5-3-14(4-6-15)17-13(2)18/h3-6,12,19H,7-11H2,1-2H3,(H,17,18). The van der Waals surface area contributed by atoms with Gasteiger partial charge in [0, 0.05) is 12.6 Å². The summed E-state index contributed by atoms with van der Waals surface area (Å²) in [7, 11) is 0. The molecule has 1 aliphatic carbocycles. The maximum absolute atomic E-state index is 10.9. The van der Waals surface area contributed by atoms with Gasteiger partial charge >= 0.3 is 0 Å². The average molecular weight is 277 g/mol. The van der Waals surface area contributed by atoms with Gasteiger partial charge in [0.05, 0.1) is 5.60 Å². The molecule has 1 aromatic carbocycles. The van der Waals surface area contributed by atoms with Gasteiger partial charge in [-0.25, -0.2) is 0 Å². The predicted octanol–water partition coefficient (Wildman–Crippen LogP) is 2.97. The molecule has 20 heavy (non-hydrogen) atoms. The van der Waals surface area contributed by atoms with Crippen molar-refractivity contribution in [3.05, 3.63) is 24.3 Å². The van der Waals surface area contributed by atoms with Gasteiger partial charge < -0.3 is 15.2 Å². The summed E-state index contributed by atoms with van der Waals surface area (Å²) in [6, 6.07) is 7.20. The predicted molar refractivity (Wildman–Crippen MR) is 78.8 cm³/mol. The number of aliphatic hydroxyl groups is 1. The van der Waals surface area contributed by atoms with Crippen molar-refractivity contribution in [2.75, 3.05) is 11.9 Å². The Bertz CT molecular complexity index is 447. The number of benzene rings is 1. The summed E-state index contributed by atoms with van der Waals surface area (Å²) in [6.45, 7) is 4.03. The lowest BCUT2D eigenvalue weighted by Gasteiger charge is -2.34. The first-order chi connectivity index (χ1) is 9.47. The number of carbonyl (C=O) groups is 1. The zero-order valence-electron chi connectivity index (χ0n) is 12.2. The Morgan fingerprint density at radius 1 is 1.35 bits per heavy atom. The van der Waals surface area contributed by atoms with E-state index in [1.54, 1.807) is 24.3 Å². The van der Waals surface area contributed by atoms with E-state index in [1.807, 2.05) is 0 Å². The molecular weight excluding hydrogens is 254 g/mol. The van der Waals surface area contributed by atoms with Gasteiger partial charge in [0.2, 0.25) is 5.91 Å². The minimum atomic E-state index is -0.692. The molecule has 110 valence electrons. The Morgan fingerprint density at radius 2 is 1.95 bits per heavy atom. The third-order valence-electron chi connectivity index (χ3n) is 3.89. The van der Waals surface area contributed by atoms with Crippen LogP contribution in [0.5, 0.6) is 5.75 Å². The van der Waals surface area contributed by atoms with Crippen molar-refractivity contribution in [1.29, 1.82) is 0 Å². The van der Waals surface area contributed by atoms with E-state index in [2.05, 4.69) is 12.2 Å². The topological polar surface area (TPSA) is 58.6 Å². The van der Waals surface area contributed by atoms with Crippen LogP contribution >= 0.6 is 0 Å². The van der Waals surface area contributed by atoms with E-state index in [-0.39, 0.29) is 5.91 Å². The van der Waals surface area contributed by atoms with Crippen LogP contribution in [0.1, 0.15) is 39.5 Å². The van der Waals surface area contributed by atoms with Gasteiger partial charge in [0.1, 0.15) is 12.4 Å². The molecule has 0 atom stereocenters. The van der Waals surface area contributed by atoms with Crippen LogP contribution in [-0.4, -0.2) is 23.2 Å². The first kappa shape index (κ1) is 14.9. The second kappa shape index (κ2) is 6.27. The molecule has 4 nitrogen and oxygen atoms in total. The number of hydrogen-bond donors (Lipinski definition) is 2. The van der Waals surface area contributed by atoms with Crippen LogP contribution < -0.4 is 10.1 Å². The van der Waals surface area contributed by atoms with E-state index in [9.17, 15) is 9.90 Å².